The second kappa shape index (κ2) is 5.66. The molecule has 0 spiro atoms. The zero-order chi connectivity index (χ0) is 14.7. The van der Waals surface area contributed by atoms with Crippen molar-refractivity contribution in [2.45, 2.75) is 6.04 Å². The van der Waals surface area contributed by atoms with Crippen LogP contribution in [0.4, 0.5) is 10.1 Å². The molecule has 1 aromatic carbocycles. The number of hydrogen-bond acceptors (Lipinski definition) is 4. The van der Waals surface area contributed by atoms with Crippen molar-refractivity contribution in [3.8, 4) is 0 Å². The first-order valence-electron chi connectivity index (χ1n) is 5.82. The molecule has 0 aliphatic carbocycles. The number of carbonyl (C=O) groups excluding carboxylic acids is 2. The van der Waals surface area contributed by atoms with Gasteiger partial charge in [-0.25, -0.2) is 9.18 Å². The number of aromatic carboxylic acids is 1. The Hall–Kier alpha value is -2.48. The van der Waals surface area contributed by atoms with Gasteiger partial charge >= 0.3 is 5.97 Å². The Balaban J connectivity index is 2.14. The van der Waals surface area contributed by atoms with Gasteiger partial charge in [-0.05, 0) is 12.1 Å². The number of hydrogen-bond donors (Lipinski definition) is 4. The SMILES string of the molecule is O=C1CNC(C(=O)Nc2cccc(F)c2C(=O)O)CN1. The molecule has 1 heterocycles. The molecule has 1 atom stereocenters. The minimum absolute atomic E-state index is 0.00692. The maximum absolute atomic E-state index is 13.4. The molecule has 2 rings (SSSR count). The lowest BCUT2D eigenvalue weighted by Gasteiger charge is -2.23. The number of rotatable bonds is 3. The Bertz CT molecular complexity index is 566. The van der Waals surface area contributed by atoms with Gasteiger partial charge in [-0.15, -0.1) is 0 Å². The second-order valence-corrected chi connectivity index (χ2v) is 4.19. The molecule has 2 amide bonds. The maximum Gasteiger partial charge on any atom is 0.340 e. The summed E-state index contributed by atoms with van der Waals surface area (Å²) in [7, 11) is 0. The van der Waals surface area contributed by atoms with Gasteiger partial charge in [0.2, 0.25) is 11.8 Å². The minimum atomic E-state index is -1.47. The first-order valence-corrected chi connectivity index (χ1v) is 5.82. The van der Waals surface area contributed by atoms with Crippen molar-refractivity contribution >= 4 is 23.5 Å². The molecule has 0 bridgehead atoms. The molecular weight excluding hydrogens is 269 g/mol. The van der Waals surface area contributed by atoms with Crippen LogP contribution >= 0.6 is 0 Å². The Kier molecular flexibility index (Phi) is 3.94. The molecule has 1 aliphatic rings. The number of carboxylic acid groups (broad SMARTS) is 1. The highest BCUT2D eigenvalue weighted by molar-refractivity contribution is 6.02. The predicted octanol–water partition coefficient (Wildman–Crippen LogP) is -0.450. The van der Waals surface area contributed by atoms with Crippen LogP contribution in [0.1, 0.15) is 10.4 Å². The first-order chi connectivity index (χ1) is 9.49. The van der Waals surface area contributed by atoms with Crippen LogP contribution in [0.3, 0.4) is 0 Å². The summed E-state index contributed by atoms with van der Waals surface area (Å²) in [6, 6.07) is 2.90. The van der Waals surface area contributed by atoms with E-state index in [2.05, 4.69) is 16.0 Å². The lowest BCUT2D eigenvalue weighted by molar-refractivity contribution is -0.124. The van der Waals surface area contributed by atoms with Crippen molar-refractivity contribution in [2.24, 2.45) is 0 Å². The molecule has 0 saturated carbocycles. The summed E-state index contributed by atoms with van der Waals surface area (Å²) in [6.07, 6.45) is 0. The van der Waals surface area contributed by atoms with Gasteiger partial charge in [-0.1, -0.05) is 6.07 Å². The highest BCUT2D eigenvalue weighted by Crippen LogP contribution is 2.19. The monoisotopic (exact) mass is 281 g/mol. The third-order valence-electron chi connectivity index (χ3n) is 2.81. The Labute approximate surface area is 113 Å². The summed E-state index contributed by atoms with van der Waals surface area (Å²) < 4.78 is 13.4. The number of amides is 2. The van der Waals surface area contributed by atoms with E-state index in [9.17, 15) is 18.8 Å². The number of carbonyl (C=O) groups is 3. The molecule has 7 nitrogen and oxygen atoms in total. The average Bonchev–Trinajstić information content (AvgIpc) is 2.39. The summed E-state index contributed by atoms with van der Waals surface area (Å²) in [6.45, 7) is 0.0788. The van der Waals surface area contributed by atoms with E-state index in [1.807, 2.05) is 0 Å². The standard InChI is InChI=1S/C12H12FN3O4/c13-6-2-1-3-7(10(6)12(19)20)16-11(18)8-4-15-9(17)5-14-8/h1-3,8,14H,4-5H2,(H,15,17)(H,16,18)(H,19,20). The quantitative estimate of drug-likeness (QED) is 0.600. The molecule has 106 valence electrons. The Morgan fingerprint density at radius 1 is 1.40 bits per heavy atom. The third-order valence-corrected chi connectivity index (χ3v) is 2.81. The highest BCUT2D eigenvalue weighted by Gasteiger charge is 2.25. The van der Waals surface area contributed by atoms with Gasteiger partial charge in [-0.3, -0.25) is 14.9 Å². The van der Waals surface area contributed by atoms with Gasteiger partial charge in [0, 0.05) is 6.54 Å². The van der Waals surface area contributed by atoms with Crippen LogP contribution in [0, 0.1) is 5.82 Å². The summed E-state index contributed by atoms with van der Waals surface area (Å²) in [4.78, 5) is 33.8. The van der Waals surface area contributed by atoms with Crippen molar-refractivity contribution in [1.82, 2.24) is 10.6 Å². The molecule has 8 heteroatoms. The van der Waals surface area contributed by atoms with Crippen LogP contribution in [0.15, 0.2) is 18.2 Å². The van der Waals surface area contributed by atoms with Gasteiger partial charge in [0.05, 0.1) is 12.2 Å². The smallest absolute Gasteiger partial charge is 0.340 e. The lowest BCUT2D eigenvalue weighted by atomic mass is 10.1. The Morgan fingerprint density at radius 3 is 2.75 bits per heavy atom. The van der Waals surface area contributed by atoms with E-state index in [1.54, 1.807) is 0 Å². The number of piperazine rings is 1. The lowest BCUT2D eigenvalue weighted by Crippen LogP contribution is -2.56. The van der Waals surface area contributed by atoms with Crippen LogP contribution in [-0.2, 0) is 9.59 Å². The van der Waals surface area contributed by atoms with Crippen molar-refractivity contribution in [1.29, 1.82) is 0 Å². The van der Waals surface area contributed by atoms with Gasteiger partial charge < -0.3 is 15.7 Å². The fraction of sp³-hybridized carbons (Fsp3) is 0.250. The number of halogens is 1. The maximum atomic E-state index is 13.4. The van der Waals surface area contributed by atoms with Gasteiger partial charge in [0.15, 0.2) is 0 Å². The first kappa shape index (κ1) is 13.9. The molecule has 1 aromatic rings. The molecule has 0 aromatic heterocycles. The second-order valence-electron chi connectivity index (χ2n) is 4.19. The molecule has 4 N–H and O–H groups in total. The largest absolute Gasteiger partial charge is 0.478 e. The van der Waals surface area contributed by atoms with E-state index in [-0.39, 0.29) is 24.7 Å². The fourth-order valence-electron chi connectivity index (χ4n) is 1.82. The molecule has 1 unspecified atom stereocenters. The zero-order valence-corrected chi connectivity index (χ0v) is 10.3. The average molecular weight is 281 g/mol. The fourth-order valence-corrected chi connectivity index (χ4v) is 1.82. The highest BCUT2D eigenvalue weighted by atomic mass is 19.1. The van der Waals surface area contributed by atoms with Crippen LogP contribution < -0.4 is 16.0 Å². The van der Waals surface area contributed by atoms with E-state index in [1.165, 1.54) is 12.1 Å². The minimum Gasteiger partial charge on any atom is -0.478 e. The van der Waals surface area contributed by atoms with E-state index in [0.29, 0.717) is 0 Å². The van der Waals surface area contributed by atoms with Crippen molar-refractivity contribution < 1.29 is 23.9 Å². The molecule has 1 saturated heterocycles. The molecule has 1 fully saturated rings. The van der Waals surface area contributed by atoms with E-state index >= 15 is 0 Å². The van der Waals surface area contributed by atoms with Crippen LogP contribution in [0.5, 0.6) is 0 Å². The normalized spacial score (nSPS) is 18.2. The van der Waals surface area contributed by atoms with Gasteiger partial charge in [0.25, 0.3) is 0 Å². The summed E-state index contributed by atoms with van der Waals surface area (Å²) in [5.74, 6) is -3.17. The molecule has 0 radical (unpaired) electrons. The van der Waals surface area contributed by atoms with Crippen molar-refractivity contribution in [2.75, 3.05) is 18.4 Å². The predicted molar refractivity (Wildman–Crippen MR) is 66.8 cm³/mol. The van der Waals surface area contributed by atoms with E-state index in [0.717, 1.165) is 6.07 Å². The Morgan fingerprint density at radius 2 is 2.15 bits per heavy atom. The zero-order valence-electron chi connectivity index (χ0n) is 10.3. The van der Waals surface area contributed by atoms with E-state index in [4.69, 9.17) is 5.11 Å². The number of benzene rings is 1. The number of anilines is 1. The van der Waals surface area contributed by atoms with Crippen LogP contribution in [0.25, 0.3) is 0 Å². The number of carboxylic acids is 1. The van der Waals surface area contributed by atoms with Crippen molar-refractivity contribution in [3.05, 3.63) is 29.6 Å². The van der Waals surface area contributed by atoms with Crippen LogP contribution in [0.2, 0.25) is 0 Å². The summed E-state index contributed by atoms with van der Waals surface area (Å²) in [5.41, 5.74) is -0.720. The molecule has 20 heavy (non-hydrogen) atoms. The summed E-state index contributed by atoms with van der Waals surface area (Å²) in [5, 5.41) is 16.5. The van der Waals surface area contributed by atoms with Gasteiger partial charge in [0.1, 0.15) is 17.4 Å². The van der Waals surface area contributed by atoms with Crippen molar-refractivity contribution in [3.63, 3.8) is 0 Å². The topological polar surface area (TPSA) is 108 Å². The van der Waals surface area contributed by atoms with E-state index < -0.39 is 29.3 Å². The van der Waals surface area contributed by atoms with Crippen LogP contribution in [-0.4, -0.2) is 42.0 Å². The van der Waals surface area contributed by atoms with Gasteiger partial charge in [-0.2, -0.15) is 0 Å². The third kappa shape index (κ3) is 2.91. The summed E-state index contributed by atoms with van der Waals surface area (Å²) >= 11 is 0. The molecular formula is C12H12FN3O4. The molecule has 1 aliphatic heterocycles. The number of nitrogens with one attached hydrogen (secondary N) is 3.